The number of ether oxygens (including phenoxy) is 1. The van der Waals surface area contributed by atoms with E-state index < -0.39 is 11.6 Å². The van der Waals surface area contributed by atoms with Gasteiger partial charge in [-0.25, -0.2) is 13.8 Å². The quantitative estimate of drug-likeness (QED) is 0.391. The van der Waals surface area contributed by atoms with Crippen molar-refractivity contribution in [1.29, 1.82) is 0 Å². The molecule has 0 amide bonds. The smallest absolute Gasteiger partial charge is 0.183 e. The summed E-state index contributed by atoms with van der Waals surface area (Å²) < 4.78 is 33.0. The molecule has 3 nitrogen and oxygen atoms in total. The molecule has 1 aliphatic rings. The third kappa shape index (κ3) is 4.44. The van der Waals surface area contributed by atoms with Gasteiger partial charge in [-0.15, -0.1) is 11.3 Å². The number of thiazole rings is 1. The number of rotatable bonds is 6. The van der Waals surface area contributed by atoms with Gasteiger partial charge in [-0.2, -0.15) is 0 Å². The highest BCUT2D eigenvalue weighted by Gasteiger charge is 2.16. The summed E-state index contributed by atoms with van der Waals surface area (Å²) in [4.78, 5) is 5.76. The summed E-state index contributed by atoms with van der Waals surface area (Å²) in [7, 11) is 0. The Labute approximate surface area is 183 Å². The Morgan fingerprint density at radius 3 is 2.55 bits per heavy atom. The van der Waals surface area contributed by atoms with Gasteiger partial charge in [0, 0.05) is 35.9 Å². The van der Waals surface area contributed by atoms with E-state index in [0.29, 0.717) is 18.5 Å². The molecule has 3 aromatic carbocycles. The van der Waals surface area contributed by atoms with Gasteiger partial charge in [-0.1, -0.05) is 42.5 Å². The van der Waals surface area contributed by atoms with Crippen molar-refractivity contribution in [2.24, 2.45) is 0 Å². The van der Waals surface area contributed by atoms with Crippen molar-refractivity contribution in [1.82, 2.24) is 4.98 Å². The minimum absolute atomic E-state index is 0.411. The molecular formula is C25H20F2N2OS. The minimum atomic E-state index is -0.570. The number of aromatic nitrogens is 1. The first-order valence-corrected chi connectivity index (χ1v) is 10.9. The first kappa shape index (κ1) is 19.7. The van der Waals surface area contributed by atoms with E-state index in [0.717, 1.165) is 51.7 Å². The van der Waals surface area contributed by atoms with Crippen molar-refractivity contribution >= 4 is 16.5 Å². The maximum atomic E-state index is 13.7. The Morgan fingerprint density at radius 2 is 1.74 bits per heavy atom. The molecule has 1 N–H and O–H groups in total. The second-order valence-electron chi connectivity index (χ2n) is 7.51. The fraction of sp³-hybridized carbons (Fsp3) is 0.160. The van der Waals surface area contributed by atoms with E-state index >= 15 is 0 Å². The highest BCUT2D eigenvalue weighted by atomic mass is 32.1. The molecule has 0 aliphatic carbocycles. The van der Waals surface area contributed by atoms with Crippen LogP contribution in [0, 0.1) is 11.6 Å². The lowest BCUT2D eigenvalue weighted by Gasteiger charge is -2.05. The van der Waals surface area contributed by atoms with Gasteiger partial charge in [0.2, 0.25) is 0 Å². The molecular weight excluding hydrogens is 414 g/mol. The zero-order valence-corrected chi connectivity index (χ0v) is 17.5. The summed E-state index contributed by atoms with van der Waals surface area (Å²) in [6.45, 7) is 1.38. The zero-order chi connectivity index (χ0) is 21.2. The molecule has 0 bridgehead atoms. The van der Waals surface area contributed by atoms with Crippen molar-refractivity contribution in [3.63, 3.8) is 0 Å². The molecule has 156 valence electrons. The second kappa shape index (κ2) is 8.47. The maximum absolute atomic E-state index is 13.7. The highest BCUT2D eigenvalue weighted by Crippen LogP contribution is 2.34. The second-order valence-corrected chi connectivity index (χ2v) is 8.59. The van der Waals surface area contributed by atoms with Crippen LogP contribution < -0.4 is 10.1 Å². The van der Waals surface area contributed by atoms with Crippen LogP contribution in [-0.2, 0) is 19.4 Å². The number of halogens is 2. The van der Waals surface area contributed by atoms with Gasteiger partial charge in [0.15, 0.2) is 5.13 Å². The Bertz CT molecular complexity index is 1200. The van der Waals surface area contributed by atoms with Gasteiger partial charge < -0.3 is 10.1 Å². The molecule has 31 heavy (non-hydrogen) atoms. The number of fused-ring (bicyclic) bond motifs is 1. The van der Waals surface area contributed by atoms with Gasteiger partial charge in [0.1, 0.15) is 17.4 Å². The van der Waals surface area contributed by atoms with E-state index in [2.05, 4.69) is 17.4 Å². The van der Waals surface area contributed by atoms with Crippen LogP contribution in [0.25, 0.3) is 11.3 Å². The van der Waals surface area contributed by atoms with Crippen molar-refractivity contribution in [3.05, 3.63) is 99.9 Å². The molecule has 0 radical (unpaired) electrons. The SMILES string of the molecule is Fc1cc(F)cc(Cc2sc(NCc3ccc4c(c3)CCO4)nc2-c2ccccc2)c1. The molecule has 4 aromatic rings. The summed E-state index contributed by atoms with van der Waals surface area (Å²) in [6.07, 6.45) is 1.35. The first-order valence-electron chi connectivity index (χ1n) is 10.1. The molecule has 2 heterocycles. The molecule has 0 fully saturated rings. The zero-order valence-electron chi connectivity index (χ0n) is 16.7. The first-order chi connectivity index (χ1) is 15.1. The third-order valence-electron chi connectivity index (χ3n) is 5.23. The average Bonchev–Trinajstić information content (AvgIpc) is 3.38. The lowest BCUT2D eigenvalue weighted by atomic mass is 10.1. The topological polar surface area (TPSA) is 34.1 Å². The number of nitrogens with one attached hydrogen (secondary N) is 1. The van der Waals surface area contributed by atoms with Crippen LogP contribution in [0.1, 0.15) is 21.6 Å². The molecule has 6 heteroatoms. The number of nitrogens with zero attached hydrogens (tertiary/aromatic N) is 1. The summed E-state index contributed by atoms with van der Waals surface area (Å²) >= 11 is 1.51. The van der Waals surface area contributed by atoms with Crippen LogP contribution in [0.2, 0.25) is 0 Å². The molecule has 1 aromatic heterocycles. The molecule has 1 aliphatic heterocycles. The summed E-state index contributed by atoms with van der Waals surface area (Å²) in [5.74, 6) is -0.173. The van der Waals surface area contributed by atoms with Crippen LogP contribution in [0.15, 0.2) is 66.7 Å². The number of hydrogen-bond donors (Lipinski definition) is 1. The lowest BCUT2D eigenvalue weighted by molar-refractivity contribution is 0.357. The van der Waals surface area contributed by atoms with Crippen LogP contribution in [-0.4, -0.2) is 11.6 Å². The van der Waals surface area contributed by atoms with E-state index in [-0.39, 0.29) is 0 Å². The van der Waals surface area contributed by atoms with E-state index in [4.69, 9.17) is 9.72 Å². The van der Waals surface area contributed by atoms with Crippen LogP contribution >= 0.6 is 11.3 Å². The molecule has 0 saturated carbocycles. The van der Waals surface area contributed by atoms with Crippen LogP contribution in [0.5, 0.6) is 5.75 Å². The average molecular weight is 435 g/mol. The van der Waals surface area contributed by atoms with E-state index in [9.17, 15) is 8.78 Å². The highest BCUT2D eigenvalue weighted by molar-refractivity contribution is 7.16. The molecule has 0 atom stereocenters. The Balaban J connectivity index is 1.41. The lowest BCUT2D eigenvalue weighted by Crippen LogP contribution is -1.99. The number of anilines is 1. The van der Waals surface area contributed by atoms with E-state index in [1.54, 1.807) is 0 Å². The Morgan fingerprint density at radius 1 is 0.935 bits per heavy atom. The molecule has 0 spiro atoms. The predicted octanol–water partition coefficient (Wildman–Crippen LogP) is 6.23. The molecule has 0 unspecified atom stereocenters. The van der Waals surface area contributed by atoms with Crippen molar-refractivity contribution in [3.8, 4) is 17.0 Å². The van der Waals surface area contributed by atoms with Gasteiger partial charge >= 0.3 is 0 Å². The summed E-state index contributed by atoms with van der Waals surface area (Å²) in [5.41, 5.74) is 4.80. The van der Waals surface area contributed by atoms with Gasteiger partial charge in [-0.05, 0) is 34.9 Å². The van der Waals surface area contributed by atoms with Crippen molar-refractivity contribution < 1.29 is 13.5 Å². The predicted molar refractivity (Wildman–Crippen MR) is 120 cm³/mol. The Kier molecular flexibility index (Phi) is 5.38. The van der Waals surface area contributed by atoms with Crippen molar-refractivity contribution in [2.75, 3.05) is 11.9 Å². The van der Waals surface area contributed by atoms with Gasteiger partial charge in [0.05, 0.1) is 12.3 Å². The standard InChI is InChI=1S/C25H20F2N2OS/c26-20-11-17(12-21(27)14-20)13-23-24(18-4-2-1-3-5-18)29-25(31-23)28-15-16-6-7-22-19(10-16)8-9-30-22/h1-7,10-12,14H,8-9,13,15H2,(H,28,29). The fourth-order valence-electron chi connectivity index (χ4n) is 3.79. The fourth-order valence-corrected chi connectivity index (χ4v) is 4.81. The van der Waals surface area contributed by atoms with Gasteiger partial charge in [-0.3, -0.25) is 0 Å². The number of hydrogen-bond acceptors (Lipinski definition) is 4. The third-order valence-corrected chi connectivity index (χ3v) is 6.24. The van der Waals surface area contributed by atoms with E-state index in [1.807, 2.05) is 36.4 Å². The molecule has 0 saturated heterocycles. The minimum Gasteiger partial charge on any atom is -0.493 e. The summed E-state index contributed by atoms with van der Waals surface area (Å²) in [5, 5.41) is 4.19. The Hall–Kier alpha value is -3.25. The van der Waals surface area contributed by atoms with Crippen LogP contribution in [0.3, 0.4) is 0 Å². The largest absolute Gasteiger partial charge is 0.493 e. The number of benzene rings is 3. The normalized spacial score (nSPS) is 12.5. The van der Waals surface area contributed by atoms with E-state index in [1.165, 1.54) is 29.0 Å². The monoisotopic (exact) mass is 434 g/mol. The summed E-state index contributed by atoms with van der Waals surface area (Å²) in [6, 6.07) is 19.7. The maximum Gasteiger partial charge on any atom is 0.183 e. The molecule has 5 rings (SSSR count). The van der Waals surface area contributed by atoms with Crippen molar-refractivity contribution in [2.45, 2.75) is 19.4 Å². The van der Waals surface area contributed by atoms with Gasteiger partial charge in [0.25, 0.3) is 0 Å². The van der Waals surface area contributed by atoms with Crippen LogP contribution in [0.4, 0.5) is 13.9 Å².